The number of aryl methyl sites for hydroxylation is 1. The van der Waals surface area contributed by atoms with E-state index < -0.39 is 0 Å². The van der Waals surface area contributed by atoms with Crippen LogP contribution in [0, 0.1) is 16.4 Å². The van der Waals surface area contributed by atoms with E-state index in [9.17, 15) is 4.79 Å². The number of halogens is 1. The molecule has 1 aromatic rings. The van der Waals surface area contributed by atoms with Gasteiger partial charge >= 0.3 is 0 Å². The van der Waals surface area contributed by atoms with E-state index in [0.717, 1.165) is 11.3 Å². The summed E-state index contributed by atoms with van der Waals surface area (Å²) < 4.78 is 1.18. The van der Waals surface area contributed by atoms with Crippen LogP contribution in [0.25, 0.3) is 0 Å². The highest BCUT2D eigenvalue weighted by molar-refractivity contribution is 14.1. The van der Waals surface area contributed by atoms with Gasteiger partial charge in [0, 0.05) is 21.7 Å². The van der Waals surface area contributed by atoms with Gasteiger partial charge in [0.1, 0.15) is 0 Å². The Bertz CT molecular complexity index is 379. The van der Waals surface area contributed by atoms with Crippen molar-refractivity contribution in [3.05, 3.63) is 27.3 Å². The Hall–Kier alpha value is -0.620. The van der Waals surface area contributed by atoms with Crippen molar-refractivity contribution in [1.82, 2.24) is 5.32 Å². The van der Waals surface area contributed by atoms with E-state index >= 15 is 0 Å². The van der Waals surface area contributed by atoms with Crippen LogP contribution in [0.3, 0.4) is 0 Å². The van der Waals surface area contributed by atoms with Gasteiger partial charge in [-0.2, -0.15) is 0 Å². The summed E-state index contributed by atoms with van der Waals surface area (Å²) in [4.78, 5) is 11.8. The second-order valence-electron chi connectivity index (χ2n) is 3.91. The summed E-state index contributed by atoms with van der Waals surface area (Å²) in [6, 6.07) is 5.99. The van der Waals surface area contributed by atoms with Gasteiger partial charge in [-0.15, -0.1) is 0 Å². The lowest BCUT2D eigenvalue weighted by Gasteiger charge is -2.13. The van der Waals surface area contributed by atoms with Crippen LogP contribution in [-0.2, 0) is 4.79 Å². The Kier molecular flexibility index (Phi) is 5.21. The van der Waals surface area contributed by atoms with Gasteiger partial charge in [-0.05, 0) is 60.3 Å². The SMILES string of the molecule is CNCC(C)C(=O)Nc1ccc(I)cc1C. The van der Waals surface area contributed by atoms with E-state index in [1.54, 1.807) is 0 Å². The smallest absolute Gasteiger partial charge is 0.228 e. The van der Waals surface area contributed by atoms with Crippen molar-refractivity contribution in [2.45, 2.75) is 13.8 Å². The Morgan fingerprint density at radius 3 is 2.75 bits per heavy atom. The quantitative estimate of drug-likeness (QED) is 0.832. The molecular weight excluding hydrogens is 315 g/mol. The summed E-state index contributed by atoms with van der Waals surface area (Å²) in [5.41, 5.74) is 1.99. The zero-order chi connectivity index (χ0) is 12.1. The fourth-order valence-electron chi connectivity index (χ4n) is 1.42. The normalized spacial score (nSPS) is 12.2. The second kappa shape index (κ2) is 6.20. The molecule has 0 fully saturated rings. The van der Waals surface area contributed by atoms with Gasteiger partial charge in [-0.25, -0.2) is 0 Å². The molecule has 0 aliphatic carbocycles. The number of hydrogen-bond acceptors (Lipinski definition) is 2. The van der Waals surface area contributed by atoms with Gasteiger partial charge in [0.2, 0.25) is 5.91 Å². The minimum atomic E-state index is -0.0244. The topological polar surface area (TPSA) is 41.1 Å². The highest BCUT2D eigenvalue weighted by atomic mass is 127. The molecule has 1 atom stereocenters. The maximum absolute atomic E-state index is 11.8. The minimum absolute atomic E-state index is 0.0244. The van der Waals surface area contributed by atoms with E-state index in [-0.39, 0.29) is 11.8 Å². The number of benzene rings is 1. The lowest BCUT2D eigenvalue weighted by Crippen LogP contribution is -2.28. The number of amides is 1. The van der Waals surface area contributed by atoms with Gasteiger partial charge in [0.25, 0.3) is 0 Å². The number of carbonyl (C=O) groups excluding carboxylic acids is 1. The van der Waals surface area contributed by atoms with Crippen molar-refractivity contribution in [3.63, 3.8) is 0 Å². The van der Waals surface area contributed by atoms with Crippen molar-refractivity contribution in [2.75, 3.05) is 18.9 Å². The van der Waals surface area contributed by atoms with Crippen LogP contribution in [-0.4, -0.2) is 19.5 Å². The van der Waals surface area contributed by atoms with Crippen LogP contribution in [0.1, 0.15) is 12.5 Å². The molecule has 0 radical (unpaired) electrons. The first-order chi connectivity index (χ1) is 7.54. The number of anilines is 1. The molecule has 0 saturated carbocycles. The summed E-state index contributed by atoms with van der Waals surface area (Å²) in [5, 5.41) is 5.94. The average Bonchev–Trinajstić information content (AvgIpc) is 2.22. The van der Waals surface area contributed by atoms with Gasteiger partial charge in [0.15, 0.2) is 0 Å². The second-order valence-corrected chi connectivity index (χ2v) is 5.15. The monoisotopic (exact) mass is 332 g/mol. The summed E-state index contributed by atoms with van der Waals surface area (Å²) in [7, 11) is 1.85. The molecule has 16 heavy (non-hydrogen) atoms. The van der Waals surface area contributed by atoms with Gasteiger partial charge in [-0.1, -0.05) is 6.92 Å². The number of carbonyl (C=O) groups is 1. The third-order valence-electron chi connectivity index (χ3n) is 2.40. The number of rotatable bonds is 4. The maximum Gasteiger partial charge on any atom is 0.228 e. The average molecular weight is 332 g/mol. The van der Waals surface area contributed by atoms with E-state index in [1.807, 2.05) is 33.0 Å². The molecule has 0 bridgehead atoms. The van der Waals surface area contributed by atoms with E-state index in [1.165, 1.54) is 3.57 Å². The fourth-order valence-corrected chi connectivity index (χ4v) is 2.07. The highest BCUT2D eigenvalue weighted by Crippen LogP contribution is 2.18. The third kappa shape index (κ3) is 3.75. The molecule has 1 unspecified atom stereocenters. The summed E-state index contributed by atoms with van der Waals surface area (Å²) in [5.74, 6) is 0.0299. The molecule has 2 N–H and O–H groups in total. The predicted molar refractivity (Wildman–Crippen MR) is 75.6 cm³/mol. The van der Waals surface area contributed by atoms with E-state index in [2.05, 4.69) is 39.3 Å². The first-order valence-corrected chi connectivity index (χ1v) is 6.34. The molecule has 1 rings (SSSR count). The lowest BCUT2D eigenvalue weighted by molar-refractivity contribution is -0.119. The molecule has 3 nitrogen and oxygen atoms in total. The molecule has 0 aromatic heterocycles. The molecule has 0 heterocycles. The highest BCUT2D eigenvalue weighted by Gasteiger charge is 2.12. The molecule has 1 amide bonds. The van der Waals surface area contributed by atoms with Crippen LogP contribution in [0.5, 0.6) is 0 Å². The van der Waals surface area contributed by atoms with Gasteiger partial charge in [-0.3, -0.25) is 4.79 Å². The number of hydrogen-bond donors (Lipinski definition) is 2. The first kappa shape index (κ1) is 13.4. The molecule has 0 saturated heterocycles. The summed E-state index contributed by atoms with van der Waals surface area (Å²) in [6.07, 6.45) is 0. The van der Waals surface area contributed by atoms with Gasteiger partial charge < -0.3 is 10.6 Å². The van der Waals surface area contributed by atoms with Crippen molar-refractivity contribution in [1.29, 1.82) is 0 Å². The van der Waals surface area contributed by atoms with Crippen molar-refractivity contribution < 1.29 is 4.79 Å². The van der Waals surface area contributed by atoms with Crippen molar-refractivity contribution in [2.24, 2.45) is 5.92 Å². The third-order valence-corrected chi connectivity index (χ3v) is 3.08. The molecule has 0 aliphatic rings. The summed E-state index contributed by atoms with van der Waals surface area (Å²) in [6.45, 7) is 4.60. The van der Waals surface area contributed by atoms with Crippen LogP contribution in [0.15, 0.2) is 18.2 Å². The zero-order valence-corrected chi connectivity index (χ0v) is 12.0. The van der Waals surface area contributed by atoms with Crippen LogP contribution in [0.2, 0.25) is 0 Å². The number of nitrogens with one attached hydrogen (secondary N) is 2. The van der Waals surface area contributed by atoms with Gasteiger partial charge in [0.05, 0.1) is 0 Å². The molecule has 1 aromatic carbocycles. The minimum Gasteiger partial charge on any atom is -0.326 e. The van der Waals surface area contributed by atoms with Crippen LogP contribution < -0.4 is 10.6 Å². The molecule has 4 heteroatoms. The molecule has 88 valence electrons. The Balaban J connectivity index is 2.69. The van der Waals surface area contributed by atoms with Crippen LogP contribution in [0.4, 0.5) is 5.69 Å². The van der Waals surface area contributed by atoms with E-state index in [0.29, 0.717) is 6.54 Å². The Labute approximate surface area is 110 Å². The lowest BCUT2D eigenvalue weighted by atomic mass is 10.1. The molecular formula is C12H17IN2O. The standard InChI is InChI=1S/C12H17IN2O/c1-8-6-10(13)4-5-11(8)15-12(16)9(2)7-14-3/h4-6,9,14H,7H2,1-3H3,(H,15,16). The largest absolute Gasteiger partial charge is 0.326 e. The Morgan fingerprint density at radius 1 is 1.50 bits per heavy atom. The van der Waals surface area contributed by atoms with E-state index in [4.69, 9.17) is 0 Å². The predicted octanol–water partition coefficient (Wildman–Crippen LogP) is 2.39. The maximum atomic E-state index is 11.8. The van der Waals surface area contributed by atoms with Crippen molar-refractivity contribution in [3.8, 4) is 0 Å². The zero-order valence-electron chi connectivity index (χ0n) is 9.80. The van der Waals surface area contributed by atoms with Crippen molar-refractivity contribution >= 4 is 34.2 Å². The molecule has 0 aliphatic heterocycles. The summed E-state index contributed by atoms with van der Waals surface area (Å²) >= 11 is 2.26. The Morgan fingerprint density at radius 2 is 2.19 bits per heavy atom. The first-order valence-electron chi connectivity index (χ1n) is 5.26. The van der Waals surface area contributed by atoms with Crippen LogP contribution >= 0.6 is 22.6 Å². The molecule has 0 spiro atoms. The fraction of sp³-hybridized carbons (Fsp3) is 0.417.